The third-order valence-corrected chi connectivity index (χ3v) is 26.2. The smallest absolute Gasteiger partial charge is 0.131 e. The van der Waals surface area contributed by atoms with Crippen molar-refractivity contribution in [3.63, 3.8) is 0 Å². The molecule has 7 aromatic heterocycles. The van der Waals surface area contributed by atoms with Crippen LogP contribution >= 0.6 is 0 Å². The lowest BCUT2D eigenvalue weighted by Gasteiger charge is -2.12. The average Bonchev–Trinajstić information content (AvgIpc) is 0.782. The van der Waals surface area contributed by atoms with Crippen molar-refractivity contribution in [2.24, 2.45) is 0 Å². The Kier molecular flexibility index (Phi) is 33.6. The van der Waals surface area contributed by atoms with Crippen LogP contribution in [0.15, 0.2) is 359 Å². The highest BCUT2D eigenvalue weighted by atomic mass is 16.5. The Labute approximate surface area is 838 Å². The zero-order valence-corrected chi connectivity index (χ0v) is 80.3. The Morgan fingerprint density at radius 2 is 0.559 bits per heavy atom. The van der Waals surface area contributed by atoms with E-state index in [9.17, 15) is 56.2 Å². The lowest BCUT2D eigenvalue weighted by molar-refractivity contribution is 0.260. The molecule has 0 aliphatic rings. The van der Waals surface area contributed by atoms with Gasteiger partial charge in [0.25, 0.3) is 0 Å². The highest BCUT2D eigenvalue weighted by molar-refractivity contribution is 5.94. The van der Waals surface area contributed by atoms with E-state index in [4.69, 9.17) is 14.2 Å². The van der Waals surface area contributed by atoms with Gasteiger partial charge in [0.15, 0.2) is 0 Å². The minimum atomic E-state index is -0.128. The minimum Gasteiger partial charge on any atom is -0.496 e. The van der Waals surface area contributed by atoms with Crippen LogP contribution in [0.5, 0.6) is 17.2 Å². The van der Waals surface area contributed by atoms with E-state index in [1.54, 1.807) is 38.2 Å². The number of aromatic nitrogens is 8. The van der Waals surface area contributed by atoms with E-state index in [1.165, 1.54) is 38.2 Å². The normalized spacial score (nSPS) is 11.1. The van der Waals surface area contributed by atoms with Crippen molar-refractivity contribution in [1.29, 1.82) is 0 Å². The molecule has 0 saturated carbocycles. The molecule has 0 atom stereocenters. The maximum atomic E-state index is 9.60. The predicted octanol–water partition coefficient (Wildman–Crippen LogP) is 21.1. The number of nitrogens with zero attached hydrogens (tertiary/aromatic N) is 8. The maximum absolute atomic E-state index is 9.60. The summed E-state index contributed by atoms with van der Waals surface area (Å²) in [7, 11) is 1.68. The zero-order chi connectivity index (χ0) is 100. The summed E-state index contributed by atoms with van der Waals surface area (Å²) in [5.74, 6) is 2.48. The first-order valence-corrected chi connectivity index (χ1v) is 47.8. The molecule has 0 spiro atoms. The number of rotatable bonds is 26. The second-order valence-electron chi connectivity index (χ2n) is 35.1. The van der Waals surface area contributed by atoms with Crippen molar-refractivity contribution in [2.45, 2.75) is 118 Å². The third kappa shape index (κ3) is 23.8. The molecular formula is C123H110N8O14. The summed E-state index contributed by atoms with van der Waals surface area (Å²) in [4.78, 5) is 35.4. The number of hydrogen-bond acceptors (Lipinski definition) is 22. The van der Waals surface area contributed by atoms with Crippen LogP contribution in [0.2, 0.25) is 0 Å². The number of aryl methyl sites for hydroxylation is 1. The van der Waals surface area contributed by atoms with Crippen LogP contribution in [0, 0.1) is 6.92 Å². The molecule has 0 unspecified atom stereocenters. The fourth-order valence-electron chi connectivity index (χ4n) is 18.4. The topological polar surface area (TPSA) is 353 Å². The van der Waals surface area contributed by atoms with Gasteiger partial charge in [0, 0.05) is 118 Å². The molecule has 0 saturated heterocycles. The largest absolute Gasteiger partial charge is 0.496 e. The highest BCUT2D eigenvalue weighted by Gasteiger charge is 2.19. The van der Waals surface area contributed by atoms with Gasteiger partial charge in [0.05, 0.1) is 119 Å². The first kappa shape index (κ1) is 100. The van der Waals surface area contributed by atoms with Crippen molar-refractivity contribution >= 4 is 108 Å². The van der Waals surface area contributed by atoms with E-state index in [-0.39, 0.29) is 72.7 Å². The number of aliphatic hydroxyl groups is 11. The van der Waals surface area contributed by atoms with E-state index < -0.39 is 0 Å². The number of hydrogen-bond donors (Lipinski definition) is 11. The Hall–Kier alpha value is -16.2. The Bertz CT molecular complexity index is 7960. The van der Waals surface area contributed by atoms with Gasteiger partial charge in [0.2, 0.25) is 0 Å². The van der Waals surface area contributed by atoms with Gasteiger partial charge < -0.3 is 70.4 Å². The average molecular weight is 1920 g/mol. The Morgan fingerprint density at radius 3 is 0.986 bits per heavy atom. The number of methoxy groups -OCH3 is 1. The van der Waals surface area contributed by atoms with Crippen LogP contribution in [-0.2, 0) is 112 Å². The summed E-state index contributed by atoms with van der Waals surface area (Å²) < 4.78 is 17.5. The number of pyridine rings is 6. The highest BCUT2D eigenvalue weighted by Crippen LogP contribution is 2.36. The fourth-order valence-corrected chi connectivity index (χ4v) is 18.4. The van der Waals surface area contributed by atoms with Crippen LogP contribution in [-0.4, -0.2) is 103 Å². The first-order chi connectivity index (χ1) is 71.2. The van der Waals surface area contributed by atoms with Gasteiger partial charge in [-0.25, -0.2) is 9.97 Å². The van der Waals surface area contributed by atoms with Crippen LogP contribution in [0.25, 0.3) is 108 Å². The lowest BCUT2D eigenvalue weighted by atomic mass is 9.96. The molecule has 11 N–H and O–H groups in total. The van der Waals surface area contributed by atoms with Gasteiger partial charge in [-0.05, 0) is 271 Å². The van der Waals surface area contributed by atoms with Crippen LogP contribution in [0.3, 0.4) is 0 Å². The molecule has 22 nitrogen and oxygen atoms in total. The van der Waals surface area contributed by atoms with Crippen LogP contribution in [0.4, 0.5) is 0 Å². The molecule has 0 bridgehead atoms. The molecular weight excluding hydrogens is 1810 g/mol. The van der Waals surface area contributed by atoms with Gasteiger partial charge in [-0.1, -0.05) is 188 Å². The molecule has 726 valence electrons. The molecule has 22 rings (SSSR count). The fraction of sp³-hybridized carbons (Fsp3) is 0.154. The summed E-state index contributed by atoms with van der Waals surface area (Å²) >= 11 is 0. The number of ether oxygens (including phenoxy) is 3. The third-order valence-electron chi connectivity index (χ3n) is 26.2. The second-order valence-corrected chi connectivity index (χ2v) is 35.1. The molecule has 0 fully saturated rings. The first-order valence-electron chi connectivity index (χ1n) is 47.8. The summed E-state index contributed by atoms with van der Waals surface area (Å²) in [6.07, 6.45) is 16.9. The van der Waals surface area contributed by atoms with Crippen molar-refractivity contribution in [2.75, 3.05) is 7.11 Å². The van der Waals surface area contributed by atoms with E-state index in [1.807, 2.05) is 226 Å². The molecule has 0 aliphatic carbocycles. The van der Waals surface area contributed by atoms with Crippen molar-refractivity contribution in [3.8, 4) is 17.2 Å². The standard InChI is InChI=1S/C22H19NO3.2C22H19NO2.C21H18N2O3.C18H18N2O2.C18H17NO2/c24-12-17-10-16-8-9-23-21(20(16)11-18(17)13-25)14-26-22-7-3-5-15-4-1-2-6-19(15)22;2*24-13-18-10-17-8-9-23-22(21(17)11-19(18)14-25)12-16-6-3-5-15-4-1-2-7-20(15)16;24-11-16-8-14-4-7-23-20(19(14)9-17(16)12-25)13-26-21-3-1-2-15-10-22-6-5-18(15)21;1-12-3-4-13(9-18(12)22-2)7-16-15-6-5-14(10-21)8-17(15)20-11-19-16;20-11-15-9-14-6-7-19-18(17(14)10-16(15)12-21)8-13-4-2-1-3-5-13/h1-11,24-25H,12-14H2;2*1-11,24-25H,12-14H2;1-10,24-25H,11-13H2;3-6,8-9,11,21H,7,10H2,1-2H3;1-7,9-10,20-21H,8,11-12H2. The van der Waals surface area contributed by atoms with Gasteiger partial charge in [0.1, 0.15) is 36.8 Å². The SMILES string of the molecule is COc1cc(Cc2ncnc3cc(CO)ccc23)ccc1C.OCc1cc2ccnc(COc3cccc4ccccc34)c2cc1CO.OCc1cc2ccnc(COc3cccc4cnccc34)c2cc1CO.OCc1cc2ccnc(Cc3cccc4ccccc34)c2cc1CO.OCc1cc2ccnc(Cc3cccc4ccccc34)c2cc1CO.OCc1cc2ccnc(Cc3ccccc3)c2cc1CO. The van der Waals surface area contributed by atoms with Gasteiger partial charge >= 0.3 is 0 Å². The van der Waals surface area contributed by atoms with E-state index >= 15 is 0 Å². The Morgan fingerprint density at radius 1 is 0.214 bits per heavy atom. The summed E-state index contributed by atoms with van der Waals surface area (Å²) in [5, 5.41) is 124. The van der Waals surface area contributed by atoms with Crippen LogP contribution < -0.4 is 14.2 Å². The van der Waals surface area contributed by atoms with E-state index in [0.717, 1.165) is 218 Å². The maximum Gasteiger partial charge on any atom is 0.131 e. The molecule has 0 amide bonds. The monoisotopic (exact) mass is 1920 g/mol. The predicted molar refractivity (Wildman–Crippen MR) is 571 cm³/mol. The quantitative estimate of drug-likeness (QED) is 0.0240. The van der Waals surface area contributed by atoms with Gasteiger partial charge in [-0.15, -0.1) is 0 Å². The number of fused-ring (bicyclic) bond motifs is 10. The molecule has 22 aromatic rings. The molecule has 15 aromatic carbocycles. The second kappa shape index (κ2) is 48.5. The number of aliphatic hydroxyl groups excluding tert-OH is 11. The van der Waals surface area contributed by atoms with Gasteiger partial charge in [-0.3, -0.25) is 29.9 Å². The van der Waals surface area contributed by atoms with E-state index in [2.05, 4.69) is 149 Å². The van der Waals surface area contributed by atoms with Crippen molar-refractivity contribution in [1.82, 2.24) is 39.9 Å². The van der Waals surface area contributed by atoms with Crippen molar-refractivity contribution < 1.29 is 70.4 Å². The summed E-state index contributed by atoms with van der Waals surface area (Å²) in [6.45, 7) is 1.75. The van der Waals surface area contributed by atoms with Crippen LogP contribution in [0.1, 0.15) is 123 Å². The van der Waals surface area contributed by atoms with Gasteiger partial charge in [-0.2, -0.15) is 0 Å². The molecule has 0 radical (unpaired) electrons. The zero-order valence-electron chi connectivity index (χ0n) is 80.3. The molecule has 7 heterocycles. The molecule has 145 heavy (non-hydrogen) atoms. The summed E-state index contributed by atoms with van der Waals surface area (Å²) in [6, 6.07) is 102. The lowest BCUT2D eigenvalue weighted by Crippen LogP contribution is -2.02. The van der Waals surface area contributed by atoms with Crippen molar-refractivity contribution in [3.05, 3.63) is 482 Å². The summed E-state index contributed by atoms with van der Waals surface area (Å²) in [5.41, 5.74) is 20.6. The molecule has 0 aliphatic heterocycles. The number of benzene rings is 15. The Balaban J connectivity index is 0.000000119. The molecule has 22 heteroatoms. The van der Waals surface area contributed by atoms with E-state index in [0.29, 0.717) is 30.8 Å². The minimum absolute atomic E-state index is 0.0183.